The number of hydrogen-bond acceptors (Lipinski definition) is 2. The van der Waals surface area contributed by atoms with Gasteiger partial charge in [0.05, 0.1) is 5.54 Å². The molecule has 1 aliphatic carbocycles. The summed E-state index contributed by atoms with van der Waals surface area (Å²) in [5.74, 6) is -0.321. The van der Waals surface area contributed by atoms with Crippen LogP contribution in [0.1, 0.15) is 39.2 Å². The van der Waals surface area contributed by atoms with E-state index in [9.17, 15) is 9.18 Å². The lowest BCUT2D eigenvalue weighted by atomic mass is 10.1. The van der Waals surface area contributed by atoms with Gasteiger partial charge in [-0.25, -0.2) is 9.18 Å². The molecule has 0 aliphatic heterocycles. The number of hydrogen-bond donors (Lipinski definition) is 2. The van der Waals surface area contributed by atoms with Gasteiger partial charge in [-0.2, -0.15) is 0 Å². The Hall–Kier alpha value is -1.52. The van der Waals surface area contributed by atoms with E-state index in [1.807, 2.05) is 0 Å². The average molecular weight is 240 g/mol. The predicted molar refractivity (Wildman–Crippen MR) is 61.0 cm³/mol. The summed E-state index contributed by atoms with van der Waals surface area (Å²) in [6.07, 6.45) is 3.84. The lowest BCUT2D eigenvalue weighted by molar-refractivity contribution is 0.0494. The van der Waals surface area contributed by atoms with Gasteiger partial charge in [-0.1, -0.05) is 0 Å². The standard InChI is InChI=1S/C12H17FN2O2/c1-11(2,3)17-10(16)15-12(4-5-12)8-6-14-7-9(8)13/h6-7,14H,4-5H2,1-3H3,(H,15,16). The zero-order valence-corrected chi connectivity index (χ0v) is 10.3. The van der Waals surface area contributed by atoms with Gasteiger partial charge in [-0.05, 0) is 33.6 Å². The van der Waals surface area contributed by atoms with E-state index in [1.54, 1.807) is 27.0 Å². The van der Waals surface area contributed by atoms with Crippen LogP contribution in [0.25, 0.3) is 0 Å². The van der Waals surface area contributed by atoms with Crippen molar-refractivity contribution >= 4 is 6.09 Å². The second-order valence-corrected chi connectivity index (χ2v) is 5.43. The molecule has 1 amide bonds. The molecule has 0 radical (unpaired) electrons. The van der Waals surface area contributed by atoms with Crippen molar-refractivity contribution < 1.29 is 13.9 Å². The smallest absolute Gasteiger partial charge is 0.408 e. The van der Waals surface area contributed by atoms with E-state index in [1.165, 1.54) is 6.20 Å². The Morgan fingerprint density at radius 3 is 2.53 bits per heavy atom. The zero-order valence-electron chi connectivity index (χ0n) is 10.3. The fraction of sp³-hybridized carbons (Fsp3) is 0.583. The van der Waals surface area contributed by atoms with Gasteiger partial charge in [0, 0.05) is 18.0 Å². The highest BCUT2D eigenvalue weighted by Gasteiger charge is 2.48. The molecule has 0 spiro atoms. The van der Waals surface area contributed by atoms with Crippen LogP contribution in [-0.4, -0.2) is 16.7 Å². The van der Waals surface area contributed by atoms with Crippen molar-refractivity contribution in [2.45, 2.75) is 44.8 Å². The van der Waals surface area contributed by atoms with Crippen LogP contribution in [0.5, 0.6) is 0 Å². The minimum Gasteiger partial charge on any atom is -0.444 e. The summed E-state index contributed by atoms with van der Waals surface area (Å²) in [5.41, 5.74) is -0.619. The van der Waals surface area contributed by atoms with E-state index in [0.29, 0.717) is 5.56 Å². The second kappa shape index (κ2) is 3.75. The highest BCUT2D eigenvalue weighted by Crippen LogP contribution is 2.46. The highest BCUT2D eigenvalue weighted by atomic mass is 19.1. The summed E-state index contributed by atoms with van der Waals surface area (Å²) < 4.78 is 18.6. The fourth-order valence-corrected chi connectivity index (χ4v) is 1.80. The van der Waals surface area contributed by atoms with Crippen molar-refractivity contribution in [3.8, 4) is 0 Å². The lowest BCUT2D eigenvalue weighted by Gasteiger charge is -2.23. The van der Waals surface area contributed by atoms with Crippen molar-refractivity contribution in [1.29, 1.82) is 0 Å². The average Bonchev–Trinajstić information content (AvgIpc) is 2.77. The molecule has 17 heavy (non-hydrogen) atoms. The summed E-state index contributed by atoms with van der Waals surface area (Å²) in [5, 5.41) is 2.75. The Morgan fingerprint density at radius 2 is 2.12 bits per heavy atom. The number of H-pyrrole nitrogens is 1. The number of amides is 1. The maximum atomic E-state index is 13.5. The van der Waals surface area contributed by atoms with Gasteiger partial charge in [-0.15, -0.1) is 0 Å². The monoisotopic (exact) mass is 240 g/mol. The number of ether oxygens (including phenoxy) is 1. The first-order valence-corrected chi connectivity index (χ1v) is 5.66. The number of carbonyl (C=O) groups excluding carboxylic acids is 1. The van der Waals surface area contributed by atoms with Crippen LogP contribution in [0.15, 0.2) is 12.4 Å². The number of carbonyl (C=O) groups is 1. The number of halogens is 1. The molecule has 2 rings (SSSR count). The van der Waals surface area contributed by atoms with E-state index < -0.39 is 17.2 Å². The minimum atomic E-state index is -0.577. The molecule has 0 unspecified atom stereocenters. The molecule has 0 bridgehead atoms. The van der Waals surface area contributed by atoms with Crippen LogP contribution in [0.3, 0.4) is 0 Å². The molecular weight excluding hydrogens is 223 g/mol. The maximum Gasteiger partial charge on any atom is 0.408 e. The summed E-state index contributed by atoms with van der Waals surface area (Å²) in [6.45, 7) is 5.38. The largest absolute Gasteiger partial charge is 0.444 e. The first kappa shape index (κ1) is 12.0. The van der Waals surface area contributed by atoms with Crippen molar-refractivity contribution in [3.05, 3.63) is 23.8 Å². The van der Waals surface area contributed by atoms with Crippen molar-refractivity contribution in [2.75, 3.05) is 0 Å². The summed E-state index contributed by atoms with van der Waals surface area (Å²) in [4.78, 5) is 14.4. The molecule has 1 aliphatic rings. The Labute approximate surface area is 99.5 Å². The normalized spacial score (nSPS) is 17.6. The minimum absolute atomic E-state index is 0.321. The number of aromatic amines is 1. The van der Waals surface area contributed by atoms with E-state index in [0.717, 1.165) is 12.8 Å². The number of alkyl carbamates (subject to hydrolysis) is 1. The molecule has 0 atom stereocenters. The first-order valence-electron chi connectivity index (χ1n) is 5.66. The molecule has 1 aromatic rings. The first-order chi connectivity index (χ1) is 7.82. The molecule has 2 N–H and O–H groups in total. The molecule has 0 saturated heterocycles. The Balaban J connectivity index is 2.05. The molecular formula is C12H17FN2O2. The molecule has 1 heterocycles. The molecule has 1 aromatic heterocycles. The number of aromatic nitrogens is 1. The van der Waals surface area contributed by atoms with Gasteiger partial charge >= 0.3 is 6.09 Å². The summed E-state index contributed by atoms with van der Waals surface area (Å²) in [6, 6.07) is 0. The topological polar surface area (TPSA) is 54.1 Å². The number of nitrogens with one attached hydrogen (secondary N) is 2. The summed E-state index contributed by atoms with van der Waals surface area (Å²) >= 11 is 0. The molecule has 94 valence electrons. The quantitative estimate of drug-likeness (QED) is 0.835. The Bertz CT molecular complexity index is 430. The van der Waals surface area contributed by atoms with Crippen molar-refractivity contribution in [2.24, 2.45) is 0 Å². The van der Waals surface area contributed by atoms with Crippen molar-refractivity contribution in [3.63, 3.8) is 0 Å². The van der Waals surface area contributed by atoms with Gasteiger partial charge in [0.15, 0.2) is 0 Å². The SMILES string of the molecule is CC(C)(C)OC(=O)NC1(c2c[nH]cc2F)CC1. The van der Waals surface area contributed by atoms with E-state index in [2.05, 4.69) is 10.3 Å². The van der Waals surface area contributed by atoms with E-state index in [4.69, 9.17) is 4.74 Å². The van der Waals surface area contributed by atoms with Crippen LogP contribution in [-0.2, 0) is 10.3 Å². The number of rotatable bonds is 2. The third-order valence-corrected chi connectivity index (χ3v) is 2.70. The molecule has 0 aromatic carbocycles. The third kappa shape index (κ3) is 2.60. The van der Waals surface area contributed by atoms with Gasteiger partial charge in [0.25, 0.3) is 0 Å². The van der Waals surface area contributed by atoms with Gasteiger partial charge in [0.1, 0.15) is 11.4 Å². The summed E-state index contributed by atoms with van der Waals surface area (Å²) in [7, 11) is 0. The zero-order chi connectivity index (χ0) is 12.7. The molecule has 1 saturated carbocycles. The van der Waals surface area contributed by atoms with Crippen molar-refractivity contribution in [1.82, 2.24) is 10.3 Å². The molecule has 1 fully saturated rings. The highest BCUT2D eigenvalue weighted by molar-refractivity contribution is 5.70. The lowest BCUT2D eigenvalue weighted by Crippen LogP contribution is -2.39. The van der Waals surface area contributed by atoms with E-state index >= 15 is 0 Å². The van der Waals surface area contributed by atoms with Gasteiger partial charge in [-0.3, -0.25) is 0 Å². The van der Waals surface area contributed by atoms with Crippen LogP contribution in [0, 0.1) is 5.82 Å². The Kier molecular flexibility index (Phi) is 2.64. The molecule has 4 nitrogen and oxygen atoms in total. The second-order valence-electron chi connectivity index (χ2n) is 5.43. The van der Waals surface area contributed by atoms with Crippen LogP contribution >= 0.6 is 0 Å². The fourth-order valence-electron chi connectivity index (χ4n) is 1.80. The molecule has 5 heteroatoms. The van der Waals surface area contributed by atoms with Gasteiger partial charge < -0.3 is 15.0 Å². The van der Waals surface area contributed by atoms with Gasteiger partial charge in [0.2, 0.25) is 0 Å². The maximum absolute atomic E-state index is 13.5. The van der Waals surface area contributed by atoms with Crippen LogP contribution < -0.4 is 5.32 Å². The van der Waals surface area contributed by atoms with E-state index in [-0.39, 0.29) is 5.82 Å². The third-order valence-electron chi connectivity index (χ3n) is 2.70. The van der Waals surface area contributed by atoms with Crippen LogP contribution in [0.4, 0.5) is 9.18 Å². The predicted octanol–water partition coefficient (Wildman–Crippen LogP) is 2.67. The Morgan fingerprint density at radius 1 is 1.47 bits per heavy atom. The van der Waals surface area contributed by atoms with Crippen LogP contribution in [0.2, 0.25) is 0 Å².